The molecule has 0 spiro atoms. The van der Waals surface area contributed by atoms with Crippen molar-refractivity contribution in [3.8, 4) is 5.75 Å². The maximum atomic E-state index is 12.8. The predicted molar refractivity (Wildman–Crippen MR) is 78.2 cm³/mol. The van der Waals surface area contributed by atoms with Crippen molar-refractivity contribution < 1.29 is 13.5 Å². The van der Waals surface area contributed by atoms with E-state index in [4.69, 9.17) is 0 Å². The molecule has 0 saturated carbocycles. The number of hydrogen-bond acceptors (Lipinski definition) is 4. The molecule has 0 bridgehead atoms. The van der Waals surface area contributed by atoms with Gasteiger partial charge in [-0.15, -0.1) is 0 Å². The Morgan fingerprint density at radius 3 is 2.75 bits per heavy atom. The summed E-state index contributed by atoms with van der Waals surface area (Å²) >= 11 is 0. The molecule has 1 fully saturated rings. The van der Waals surface area contributed by atoms with Crippen LogP contribution in [0.2, 0.25) is 0 Å². The van der Waals surface area contributed by atoms with Crippen molar-refractivity contribution in [1.82, 2.24) is 9.21 Å². The molecule has 1 saturated heterocycles. The maximum absolute atomic E-state index is 12.8. The van der Waals surface area contributed by atoms with Crippen LogP contribution in [0, 0.1) is 0 Å². The van der Waals surface area contributed by atoms with Crippen LogP contribution in [0.4, 0.5) is 0 Å². The molecule has 6 heteroatoms. The van der Waals surface area contributed by atoms with Gasteiger partial charge < -0.3 is 10.0 Å². The number of phenols is 1. The van der Waals surface area contributed by atoms with Crippen LogP contribution >= 0.6 is 0 Å². The van der Waals surface area contributed by atoms with Crippen LogP contribution in [-0.2, 0) is 10.0 Å². The van der Waals surface area contributed by atoms with Crippen LogP contribution in [0.3, 0.4) is 0 Å². The molecule has 5 nitrogen and oxygen atoms in total. The minimum Gasteiger partial charge on any atom is -0.508 e. The normalized spacial score (nSPS) is 22.6. The Labute approximate surface area is 120 Å². The fraction of sp³-hybridized carbons (Fsp3) is 0.571. The van der Waals surface area contributed by atoms with Gasteiger partial charge in [0.1, 0.15) is 5.75 Å². The lowest BCUT2D eigenvalue weighted by atomic mass is 10.2. The average Bonchev–Trinajstić information content (AvgIpc) is 2.60. The Kier molecular flexibility index (Phi) is 4.67. The van der Waals surface area contributed by atoms with E-state index in [9.17, 15) is 13.5 Å². The van der Waals surface area contributed by atoms with Gasteiger partial charge in [0, 0.05) is 19.1 Å². The topological polar surface area (TPSA) is 60.9 Å². The molecule has 1 unspecified atom stereocenters. The monoisotopic (exact) mass is 298 g/mol. The summed E-state index contributed by atoms with van der Waals surface area (Å²) in [6, 6.07) is 5.88. The molecular formula is C14H22N2O3S. The largest absolute Gasteiger partial charge is 0.508 e. The minimum absolute atomic E-state index is 0.0187. The average molecular weight is 298 g/mol. The highest BCUT2D eigenvalue weighted by atomic mass is 32.2. The first-order chi connectivity index (χ1) is 9.45. The SMILES string of the molecule is CCC1CN(C)CCCN1S(=O)(=O)c1cccc(O)c1. The summed E-state index contributed by atoms with van der Waals surface area (Å²) in [5.74, 6) is -0.0222. The lowest BCUT2D eigenvalue weighted by Gasteiger charge is -2.29. The third-order valence-electron chi connectivity index (χ3n) is 3.74. The van der Waals surface area contributed by atoms with Crippen LogP contribution in [0.15, 0.2) is 29.2 Å². The first kappa shape index (κ1) is 15.3. The number of likely N-dealkylation sites (N-methyl/N-ethyl adjacent to an activating group) is 1. The first-order valence-corrected chi connectivity index (χ1v) is 8.38. The molecule has 1 aromatic rings. The molecule has 1 aromatic carbocycles. The summed E-state index contributed by atoms with van der Waals surface area (Å²) < 4.78 is 27.1. The number of sulfonamides is 1. The second kappa shape index (κ2) is 6.11. The van der Waals surface area contributed by atoms with E-state index >= 15 is 0 Å². The molecule has 1 atom stereocenters. The quantitative estimate of drug-likeness (QED) is 0.918. The molecule has 1 aliphatic rings. The Morgan fingerprint density at radius 1 is 1.35 bits per heavy atom. The van der Waals surface area contributed by atoms with E-state index in [1.807, 2.05) is 14.0 Å². The van der Waals surface area contributed by atoms with Gasteiger partial charge in [-0.1, -0.05) is 13.0 Å². The van der Waals surface area contributed by atoms with Gasteiger partial charge in [0.25, 0.3) is 0 Å². The van der Waals surface area contributed by atoms with Crippen LogP contribution in [0.25, 0.3) is 0 Å². The molecule has 0 radical (unpaired) electrons. The van der Waals surface area contributed by atoms with Crippen molar-refractivity contribution in [2.75, 3.05) is 26.7 Å². The van der Waals surface area contributed by atoms with Gasteiger partial charge in [-0.25, -0.2) is 8.42 Å². The van der Waals surface area contributed by atoms with E-state index in [1.54, 1.807) is 10.4 Å². The number of phenolic OH excluding ortho intramolecular Hbond substituents is 1. The molecular weight excluding hydrogens is 276 g/mol. The Bertz CT molecular complexity index is 559. The molecule has 0 aliphatic carbocycles. The van der Waals surface area contributed by atoms with Gasteiger partial charge in [-0.2, -0.15) is 4.31 Å². The molecule has 1 heterocycles. The van der Waals surface area contributed by atoms with Crippen molar-refractivity contribution >= 4 is 10.0 Å². The van der Waals surface area contributed by atoms with Gasteiger partial charge >= 0.3 is 0 Å². The van der Waals surface area contributed by atoms with E-state index in [0.29, 0.717) is 6.54 Å². The van der Waals surface area contributed by atoms with E-state index in [-0.39, 0.29) is 16.7 Å². The summed E-state index contributed by atoms with van der Waals surface area (Å²) in [5.41, 5.74) is 0. The van der Waals surface area contributed by atoms with E-state index in [2.05, 4.69) is 4.90 Å². The number of rotatable bonds is 3. The standard InChI is InChI=1S/C14H22N2O3S/c1-3-12-11-15(2)8-5-9-16(12)20(18,19)14-7-4-6-13(17)10-14/h4,6-7,10,12,17H,3,5,8-9,11H2,1-2H3. The summed E-state index contributed by atoms with van der Waals surface area (Å²) in [6.07, 6.45) is 1.60. The predicted octanol–water partition coefficient (Wildman–Crippen LogP) is 1.50. The zero-order valence-corrected chi connectivity index (χ0v) is 12.8. The number of aromatic hydroxyl groups is 1. The molecule has 0 aromatic heterocycles. The van der Waals surface area contributed by atoms with E-state index < -0.39 is 10.0 Å². The molecule has 1 N–H and O–H groups in total. The Morgan fingerprint density at radius 2 is 2.10 bits per heavy atom. The van der Waals surface area contributed by atoms with Gasteiger partial charge in [-0.05, 0) is 44.6 Å². The van der Waals surface area contributed by atoms with E-state index in [0.717, 1.165) is 25.9 Å². The van der Waals surface area contributed by atoms with E-state index in [1.165, 1.54) is 18.2 Å². The fourth-order valence-corrected chi connectivity index (χ4v) is 4.42. The second-order valence-corrected chi connectivity index (χ2v) is 7.18. The summed E-state index contributed by atoms with van der Waals surface area (Å²) in [4.78, 5) is 2.34. The van der Waals surface area contributed by atoms with Crippen molar-refractivity contribution in [1.29, 1.82) is 0 Å². The number of benzene rings is 1. The number of nitrogens with zero attached hydrogens (tertiary/aromatic N) is 2. The van der Waals surface area contributed by atoms with Crippen LogP contribution < -0.4 is 0 Å². The fourth-order valence-electron chi connectivity index (χ4n) is 2.65. The zero-order chi connectivity index (χ0) is 14.8. The Balaban J connectivity index is 2.36. The van der Waals surface area contributed by atoms with Crippen molar-refractivity contribution in [3.63, 3.8) is 0 Å². The summed E-state index contributed by atoms with van der Waals surface area (Å²) in [7, 11) is -1.52. The van der Waals surface area contributed by atoms with Gasteiger partial charge in [0.15, 0.2) is 0 Å². The third-order valence-corrected chi connectivity index (χ3v) is 5.69. The van der Waals surface area contributed by atoms with Crippen molar-refractivity contribution in [2.24, 2.45) is 0 Å². The zero-order valence-electron chi connectivity index (χ0n) is 12.0. The molecule has 2 rings (SSSR count). The molecule has 112 valence electrons. The van der Waals surface area contributed by atoms with Crippen LogP contribution in [-0.4, -0.2) is 55.5 Å². The highest BCUT2D eigenvalue weighted by Crippen LogP contribution is 2.24. The van der Waals surface area contributed by atoms with Gasteiger partial charge in [0.2, 0.25) is 10.0 Å². The van der Waals surface area contributed by atoms with Gasteiger partial charge in [0.05, 0.1) is 4.90 Å². The van der Waals surface area contributed by atoms with Crippen LogP contribution in [0.1, 0.15) is 19.8 Å². The highest BCUT2D eigenvalue weighted by molar-refractivity contribution is 7.89. The summed E-state index contributed by atoms with van der Waals surface area (Å²) in [5, 5.41) is 9.50. The molecule has 0 amide bonds. The minimum atomic E-state index is -3.55. The first-order valence-electron chi connectivity index (χ1n) is 6.94. The maximum Gasteiger partial charge on any atom is 0.243 e. The molecule has 1 aliphatic heterocycles. The summed E-state index contributed by atoms with van der Waals surface area (Å²) in [6.45, 7) is 4.19. The lowest BCUT2D eigenvalue weighted by molar-refractivity contribution is 0.270. The Hall–Kier alpha value is -1.11. The van der Waals surface area contributed by atoms with Crippen LogP contribution in [0.5, 0.6) is 5.75 Å². The highest BCUT2D eigenvalue weighted by Gasteiger charge is 2.32. The van der Waals surface area contributed by atoms with Crippen molar-refractivity contribution in [2.45, 2.75) is 30.7 Å². The van der Waals surface area contributed by atoms with Gasteiger partial charge in [-0.3, -0.25) is 0 Å². The smallest absolute Gasteiger partial charge is 0.243 e. The van der Waals surface area contributed by atoms with Crippen molar-refractivity contribution in [3.05, 3.63) is 24.3 Å². The second-order valence-electron chi connectivity index (χ2n) is 5.29. The third kappa shape index (κ3) is 3.13. The molecule has 20 heavy (non-hydrogen) atoms. The lowest BCUT2D eigenvalue weighted by Crippen LogP contribution is -2.43. The number of hydrogen-bond donors (Lipinski definition) is 1.